The number of nitrogens with zero attached hydrogens (tertiary/aromatic N) is 2. The first-order valence-electron chi connectivity index (χ1n) is 7.14. The number of anilines is 1. The van der Waals surface area contributed by atoms with Crippen LogP contribution in [0.3, 0.4) is 0 Å². The van der Waals surface area contributed by atoms with E-state index in [1.165, 1.54) is 12.8 Å². The Hall–Kier alpha value is -1.07. The normalized spacial score (nSPS) is 19.6. The maximum Gasteiger partial charge on any atom is 0.203 e. The molecule has 1 aliphatic rings. The van der Waals surface area contributed by atoms with E-state index >= 15 is 0 Å². The van der Waals surface area contributed by atoms with Crippen molar-refractivity contribution < 1.29 is 9.47 Å². The average Bonchev–Trinajstić information content (AvgIpc) is 2.78. The molecule has 1 fully saturated rings. The van der Waals surface area contributed by atoms with Crippen LogP contribution in [-0.4, -0.2) is 43.0 Å². The predicted octanol–water partition coefficient (Wildman–Crippen LogP) is 2.07. The summed E-state index contributed by atoms with van der Waals surface area (Å²) in [7, 11) is 1.74. The molecule has 0 amide bonds. The van der Waals surface area contributed by atoms with Crippen LogP contribution >= 0.6 is 0 Å². The third-order valence-electron chi connectivity index (χ3n) is 3.45. The first kappa shape index (κ1) is 14.3. The minimum atomic E-state index is 0.609. The molecule has 0 spiro atoms. The van der Waals surface area contributed by atoms with Gasteiger partial charge in [-0.3, -0.25) is 0 Å². The monoisotopic (exact) mass is 267 g/mol. The molecule has 19 heavy (non-hydrogen) atoms. The maximum absolute atomic E-state index is 5.50. The fourth-order valence-corrected chi connectivity index (χ4v) is 2.44. The highest BCUT2D eigenvalue weighted by Crippen LogP contribution is 2.15. The lowest BCUT2D eigenvalue weighted by atomic mass is 10.0. The zero-order valence-electron chi connectivity index (χ0n) is 12.0. The lowest BCUT2D eigenvalue weighted by molar-refractivity contribution is 0.0594. The summed E-state index contributed by atoms with van der Waals surface area (Å²) in [5.74, 6) is 1.58. The number of aromatic nitrogens is 2. The largest absolute Gasteiger partial charge is 0.385 e. The smallest absolute Gasteiger partial charge is 0.203 e. The third-order valence-corrected chi connectivity index (χ3v) is 3.45. The second-order valence-electron chi connectivity index (χ2n) is 5.21. The van der Waals surface area contributed by atoms with Crippen molar-refractivity contribution in [2.45, 2.75) is 32.7 Å². The van der Waals surface area contributed by atoms with Gasteiger partial charge in [-0.05, 0) is 32.1 Å². The lowest BCUT2D eigenvalue weighted by Crippen LogP contribution is -2.25. The van der Waals surface area contributed by atoms with E-state index in [1.807, 2.05) is 6.92 Å². The Morgan fingerprint density at radius 1 is 1.58 bits per heavy atom. The molecule has 1 atom stereocenters. The van der Waals surface area contributed by atoms with Crippen molar-refractivity contribution in [2.75, 3.05) is 38.8 Å². The van der Waals surface area contributed by atoms with Gasteiger partial charge in [0.1, 0.15) is 0 Å². The number of methoxy groups -OCH3 is 1. The Morgan fingerprint density at radius 3 is 3.21 bits per heavy atom. The molecule has 1 aromatic rings. The van der Waals surface area contributed by atoms with Gasteiger partial charge < -0.3 is 19.4 Å². The van der Waals surface area contributed by atoms with Crippen LogP contribution in [0.1, 0.15) is 25.0 Å². The van der Waals surface area contributed by atoms with Crippen LogP contribution in [0.15, 0.2) is 6.20 Å². The number of hydrogen-bond acceptors (Lipinski definition) is 4. The highest BCUT2D eigenvalue weighted by atomic mass is 16.5. The summed E-state index contributed by atoms with van der Waals surface area (Å²) >= 11 is 0. The molecular formula is C14H25N3O2. The maximum atomic E-state index is 5.50. The average molecular weight is 267 g/mol. The Bertz CT molecular complexity index is 373. The van der Waals surface area contributed by atoms with Crippen LogP contribution in [0.5, 0.6) is 0 Å². The summed E-state index contributed by atoms with van der Waals surface area (Å²) in [6, 6.07) is 0. The second kappa shape index (κ2) is 7.50. The molecule has 0 aromatic carbocycles. The van der Waals surface area contributed by atoms with E-state index in [4.69, 9.17) is 9.47 Å². The van der Waals surface area contributed by atoms with Gasteiger partial charge in [0, 0.05) is 39.6 Å². The molecule has 2 heterocycles. The summed E-state index contributed by atoms with van der Waals surface area (Å²) in [6.07, 6.45) is 5.52. The van der Waals surface area contributed by atoms with Crippen LogP contribution in [0.25, 0.3) is 0 Å². The van der Waals surface area contributed by atoms with Crippen LogP contribution in [0.4, 0.5) is 5.95 Å². The minimum Gasteiger partial charge on any atom is -0.385 e. The number of nitrogens with one attached hydrogen (secondary N) is 1. The summed E-state index contributed by atoms with van der Waals surface area (Å²) in [4.78, 5) is 4.54. The molecule has 5 nitrogen and oxygen atoms in total. The van der Waals surface area contributed by atoms with E-state index in [0.717, 1.165) is 51.0 Å². The molecule has 1 aromatic heterocycles. The van der Waals surface area contributed by atoms with Crippen LogP contribution < -0.4 is 5.32 Å². The molecule has 0 bridgehead atoms. The van der Waals surface area contributed by atoms with Gasteiger partial charge in [0.2, 0.25) is 5.95 Å². The van der Waals surface area contributed by atoms with Gasteiger partial charge in [-0.1, -0.05) is 0 Å². The standard InChI is InChI=1S/C14H25N3O2/c1-12-10-17(6-4-7-18-2)14(16-12)15-9-13-5-3-8-19-11-13/h10,13H,3-9,11H2,1-2H3,(H,15,16). The number of imidazole rings is 1. The van der Waals surface area contributed by atoms with Gasteiger partial charge in [0.25, 0.3) is 0 Å². The fourth-order valence-electron chi connectivity index (χ4n) is 2.44. The van der Waals surface area contributed by atoms with Crippen molar-refractivity contribution in [2.24, 2.45) is 5.92 Å². The number of rotatable bonds is 7. The fraction of sp³-hybridized carbons (Fsp3) is 0.786. The molecule has 1 unspecified atom stereocenters. The third kappa shape index (κ3) is 4.51. The van der Waals surface area contributed by atoms with E-state index in [0.29, 0.717) is 5.92 Å². The molecular weight excluding hydrogens is 242 g/mol. The van der Waals surface area contributed by atoms with Crippen LogP contribution in [-0.2, 0) is 16.0 Å². The van der Waals surface area contributed by atoms with E-state index in [9.17, 15) is 0 Å². The predicted molar refractivity (Wildman–Crippen MR) is 75.5 cm³/mol. The Kier molecular flexibility index (Phi) is 5.66. The van der Waals surface area contributed by atoms with E-state index in [2.05, 4.69) is 21.1 Å². The Labute approximate surface area is 115 Å². The number of aryl methyl sites for hydroxylation is 2. The van der Waals surface area contributed by atoms with Gasteiger partial charge in [0.15, 0.2) is 0 Å². The quantitative estimate of drug-likeness (QED) is 0.768. The van der Waals surface area contributed by atoms with E-state index in [1.54, 1.807) is 7.11 Å². The van der Waals surface area contributed by atoms with Gasteiger partial charge in [-0.15, -0.1) is 0 Å². The summed E-state index contributed by atoms with van der Waals surface area (Å²) in [6.45, 7) is 6.49. The van der Waals surface area contributed by atoms with Crippen LogP contribution in [0.2, 0.25) is 0 Å². The molecule has 1 saturated heterocycles. The minimum absolute atomic E-state index is 0.609. The summed E-state index contributed by atoms with van der Waals surface area (Å²) in [5.41, 5.74) is 1.06. The van der Waals surface area contributed by atoms with Crippen molar-refractivity contribution in [3.8, 4) is 0 Å². The molecule has 0 radical (unpaired) electrons. The van der Waals surface area contributed by atoms with Crippen molar-refractivity contribution in [1.29, 1.82) is 0 Å². The first-order chi connectivity index (χ1) is 9.29. The van der Waals surface area contributed by atoms with Gasteiger partial charge >= 0.3 is 0 Å². The van der Waals surface area contributed by atoms with Crippen LogP contribution in [0, 0.1) is 12.8 Å². The van der Waals surface area contributed by atoms with Gasteiger partial charge in [0.05, 0.1) is 12.3 Å². The van der Waals surface area contributed by atoms with E-state index < -0.39 is 0 Å². The Balaban J connectivity index is 1.83. The van der Waals surface area contributed by atoms with Gasteiger partial charge in [-0.2, -0.15) is 0 Å². The SMILES string of the molecule is COCCCn1cc(C)nc1NCC1CCCOC1. The molecule has 1 aliphatic heterocycles. The number of ether oxygens (including phenoxy) is 2. The zero-order valence-corrected chi connectivity index (χ0v) is 12.0. The second-order valence-corrected chi connectivity index (χ2v) is 5.21. The molecule has 1 N–H and O–H groups in total. The summed E-state index contributed by atoms with van der Waals surface area (Å²) < 4.78 is 12.8. The molecule has 5 heteroatoms. The molecule has 108 valence electrons. The molecule has 0 aliphatic carbocycles. The highest BCUT2D eigenvalue weighted by Gasteiger charge is 2.14. The van der Waals surface area contributed by atoms with Crippen molar-refractivity contribution in [3.05, 3.63) is 11.9 Å². The zero-order chi connectivity index (χ0) is 13.5. The lowest BCUT2D eigenvalue weighted by Gasteiger charge is -2.22. The van der Waals surface area contributed by atoms with Gasteiger partial charge in [-0.25, -0.2) is 4.98 Å². The first-order valence-corrected chi connectivity index (χ1v) is 7.14. The Morgan fingerprint density at radius 2 is 2.47 bits per heavy atom. The highest BCUT2D eigenvalue weighted by molar-refractivity contribution is 5.28. The summed E-state index contributed by atoms with van der Waals surface area (Å²) in [5, 5.41) is 3.46. The molecule has 0 saturated carbocycles. The van der Waals surface area contributed by atoms with E-state index in [-0.39, 0.29) is 0 Å². The van der Waals surface area contributed by atoms with Crippen molar-refractivity contribution >= 4 is 5.95 Å². The molecule has 2 rings (SSSR count). The van der Waals surface area contributed by atoms with Crippen molar-refractivity contribution in [3.63, 3.8) is 0 Å². The van der Waals surface area contributed by atoms with Crippen molar-refractivity contribution in [1.82, 2.24) is 9.55 Å². The topological polar surface area (TPSA) is 48.3 Å². The number of hydrogen-bond donors (Lipinski definition) is 1.